The normalized spacial score (nSPS) is 14.7. The highest BCUT2D eigenvalue weighted by Gasteiger charge is 2.10. The van der Waals surface area contributed by atoms with Crippen LogP contribution in [0.25, 0.3) is 0 Å². The molecular formula is C7H18N2O. The summed E-state index contributed by atoms with van der Waals surface area (Å²) in [6, 6.07) is 0. The van der Waals surface area contributed by atoms with E-state index in [1.807, 2.05) is 26.0 Å². The molecule has 1 N–H and O–H groups in total. The van der Waals surface area contributed by atoms with E-state index in [1.54, 1.807) is 4.90 Å². The van der Waals surface area contributed by atoms with Gasteiger partial charge in [0.25, 0.3) is 0 Å². The maximum Gasteiger partial charge on any atom is 0.164 e. The Labute approximate surface area is 63.2 Å². The van der Waals surface area contributed by atoms with Crippen LogP contribution in [0.3, 0.4) is 0 Å². The lowest BCUT2D eigenvalue weighted by Crippen LogP contribution is -2.42. The minimum Gasteiger partial charge on any atom is -0.365 e. The molecule has 0 fully saturated rings. The van der Waals surface area contributed by atoms with Crippen LogP contribution >= 0.6 is 0 Å². The first-order valence-electron chi connectivity index (χ1n) is 3.64. The fraction of sp³-hybridized carbons (Fsp3) is 1.00. The van der Waals surface area contributed by atoms with E-state index in [2.05, 4.69) is 6.92 Å². The van der Waals surface area contributed by atoms with Gasteiger partial charge in [-0.25, -0.2) is 0 Å². The van der Waals surface area contributed by atoms with Crippen molar-refractivity contribution in [3.8, 4) is 0 Å². The van der Waals surface area contributed by atoms with E-state index < -0.39 is 6.35 Å². The summed E-state index contributed by atoms with van der Waals surface area (Å²) >= 11 is 0. The van der Waals surface area contributed by atoms with Crippen molar-refractivity contribution in [2.75, 3.05) is 27.7 Å². The third-order valence-electron chi connectivity index (χ3n) is 1.43. The van der Waals surface area contributed by atoms with Gasteiger partial charge in [-0.2, -0.15) is 0 Å². The van der Waals surface area contributed by atoms with E-state index in [0.29, 0.717) is 0 Å². The first-order valence-corrected chi connectivity index (χ1v) is 3.64. The molecule has 3 heteroatoms. The van der Waals surface area contributed by atoms with Crippen molar-refractivity contribution in [2.45, 2.75) is 19.7 Å². The number of aliphatic hydroxyl groups is 1. The van der Waals surface area contributed by atoms with Crippen molar-refractivity contribution in [1.29, 1.82) is 0 Å². The quantitative estimate of drug-likeness (QED) is 0.573. The van der Waals surface area contributed by atoms with Crippen LogP contribution in [0.4, 0.5) is 0 Å². The molecule has 3 nitrogen and oxygen atoms in total. The monoisotopic (exact) mass is 146 g/mol. The zero-order valence-electron chi connectivity index (χ0n) is 7.33. The van der Waals surface area contributed by atoms with Crippen molar-refractivity contribution in [3.63, 3.8) is 0 Å². The second-order valence-corrected chi connectivity index (χ2v) is 2.79. The van der Waals surface area contributed by atoms with Gasteiger partial charge < -0.3 is 5.11 Å². The molecule has 0 saturated heterocycles. The number of hydrogen-bond acceptors (Lipinski definition) is 3. The summed E-state index contributed by atoms with van der Waals surface area (Å²) in [4.78, 5) is 3.68. The van der Waals surface area contributed by atoms with Gasteiger partial charge in [-0.3, -0.25) is 9.80 Å². The Hall–Kier alpha value is -0.120. The number of aliphatic hydroxyl groups excluding tert-OH is 1. The summed E-state index contributed by atoms with van der Waals surface area (Å²) < 4.78 is 0. The van der Waals surface area contributed by atoms with Gasteiger partial charge in [0.1, 0.15) is 0 Å². The van der Waals surface area contributed by atoms with Crippen molar-refractivity contribution in [3.05, 3.63) is 0 Å². The summed E-state index contributed by atoms with van der Waals surface area (Å²) in [5.74, 6) is 0. The summed E-state index contributed by atoms with van der Waals surface area (Å²) in [7, 11) is 5.63. The number of nitrogens with zero attached hydrogens (tertiary/aromatic N) is 2. The highest BCUT2D eigenvalue weighted by atomic mass is 16.3. The third-order valence-corrected chi connectivity index (χ3v) is 1.43. The average molecular weight is 146 g/mol. The predicted molar refractivity (Wildman–Crippen MR) is 42.6 cm³/mol. The van der Waals surface area contributed by atoms with E-state index in [9.17, 15) is 5.11 Å². The molecule has 0 aliphatic rings. The molecule has 0 spiro atoms. The van der Waals surface area contributed by atoms with Gasteiger partial charge in [0, 0.05) is 6.54 Å². The van der Waals surface area contributed by atoms with Crippen LogP contribution in [0.15, 0.2) is 0 Å². The van der Waals surface area contributed by atoms with Crippen molar-refractivity contribution in [2.24, 2.45) is 0 Å². The van der Waals surface area contributed by atoms with Crippen LogP contribution in [0.1, 0.15) is 13.3 Å². The van der Waals surface area contributed by atoms with Crippen LogP contribution in [-0.4, -0.2) is 48.9 Å². The minimum absolute atomic E-state index is 0.444. The maximum absolute atomic E-state index is 9.38. The molecule has 0 saturated carbocycles. The molecule has 0 aromatic heterocycles. The second kappa shape index (κ2) is 4.66. The smallest absolute Gasteiger partial charge is 0.164 e. The Balaban J connectivity index is 3.58. The van der Waals surface area contributed by atoms with E-state index in [4.69, 9.17) is 0 Å². The molecule has 62 valence electrons. The van der Waals surface area contributed by atoms with Gasteiger partial charge in [-0.15, -0.1) is 0 Å². The van der Waals surface area contributed by atoms with E-state index >= 15 is 0 Å². The largest absolute Gasteiger partial charge is 0.365 e. The predicted octanol–water partition coefficient (Wildman–Crippen LogP) is 0.166. The van der Waals surface area contributed by atoms with Crippen LogP contribution < -0.4 is 0 Å². The lowest BCUT2D eigenvalue weighted by molar-refractivity contribution is -0.0772. The SMILES string of the molecule is CCCN(C)C(O)N(C)C. The molecular weight excluding hydrogens is 128 g/mol. The highest BCUT2D eigenvalue weighted by Crippen LogP contribution is 1.95. The van der Waals surface area contributed by atoms with Gasteiger partial charge in [-0.05, 0) is 27.6 Å². The van der Waals surface area contributed by atoms with Crippen molar-refractivity contribution >= 4 is 0 Å². The molecule has 0 aliphatic heterocycles. The van der Waals surface area contributed by atoms with Crippen LogP contribution in [-0.2, 0) is 0 Å². The average Bonchev–Trinajstić information content (AvgIpc) is 1.87. The lowest BCUT2D eigenvalue weighted by atomic mass is 10.4. The zero-order valence-corrected chi connectivity index (χ0v) is 7.33. The molecule has 1 atom stereocenters. The summed E-state index contributed by atoms with van der Waals surface area (Å²) in [5.41, 5.74) is 0. The molecule has 0 aliphatic carbocycles. The molecule has 0 bridgehead atoms. The van der Waals surface area contributed by atoms with Gasteiger partial charge in [-0.1, -0.05) is 6.92 Å². The van der Waals surface area contributed by atoms with Gasteiger partial charge >= 0.3 is 0 Å². The Kier molecular flexibility index (Phi) is 4.60. The Morgan fingerprint density at radius 1 is 1.30 bits per heavy atom. The van der Waals surface area contributed by atoms with Crippen LogP contribution in [0, 0.1) is 0 Å². The van der Waals surface area contributed by atoms with Gasteiger partial charge in [0.05, 0.1) is 0 Å². The molecule has 0 heterocycles. The Bertz CT molecular complexity index is 85.7. The molecule has 0 aromatic carbocycles. The molecule has 0 aromatic rings. The van der Waals surface area contributed by atoms with E-state index in [1.165, 1.54) is 0 Å². The fourth-order valence-corrected chi connectivity index (χ4v) is 0.862. The molecule has 0 amide bonds. The Morgan fingerprint density at radius 2 is 1.80 bits per heavy atom. The molecule has 10 heavy (non-hydrogen) atoms. The first kappa shape index (κ1) is 9.88. The van der Waals surface area contributed by atoms with Crippen molar-refractivity contribution in [1.82, 2.24) is 9.80 Å². The van der Waals surface area contributed by atoms with Crippen molar-refractivity contribution < 1.29 is 5.11 Å². The van der Waals surface area contributed by atoms with Crippen LogP contribution in [0.2, 0.25) is 0 Å². The van der Waals surface area contributed by atoms with Crippen LogP contribution in [0.5, 0.6) is 0 Å². The fourth-order valence-electron chi connectivity index (χ4n) is 0.862. The standard InChI is InChI=1S/C7H18N2O/c1-5-6-9(4)7(10)8(2)3/h7,10H,5-6H2,1-4H3. The third kappa shape index (κ3) is 3.15. The Morgan fingerprint density at radius 3 is 2.10 bits per heavy atom. The molecule has 1 unspecified atom stereocenters. The zero-order chi connectivity index (χ0) is 8.15. The summed E-state index contributed by atoms with van der Waals surface area (Å²) in [5, 5.41) is 9.38. The summed E-state index contributed by atoms with van der Waals surface area (Å²) in [6.45, 7) is 3.03. The highest BCUT2D eigenvalue weighted by molar-refractivity contribution is 4.51. The summed E-state index contributed by atoms with van der Waals surface area (Å²) in [6.07, 6.45) is 0.626. The molecule has 0 rings (SSSR count). The second-order valence-electron chi connectivity index (χ2n) is 2.79. The topological polar surface area (TPSA) is 26.7 Å². The number of rotatable bonds is 4. The number of hydrogen-bond donors (Lipinski definition) is 1. The van der Waals surface area contributed by atoms with E-state index in [-0.39, 0.29) is 0 Å². The maximum atomic E-state index is 9.38. The van der Waals surface area contributed by atoms with E-state index in [0.717, 1.165) is 13.0 Å². The van der Waals surface area contributed by atoms with Gasteiger partial charge in [0.2, 0.25) is 0 Å². The lowest BCUT2D eigenvalue weighted by Gasteiger charge is -2.27. The minimum atomic E-state index is -0.444. The molecule has 0 radical (unpaired) electrons. The first-order chi connectivity index (χ1) is 4.59. The van der Waals surface area contributed by atoms with Gasteiger partial charge in [0.15, 0.2) is 6.35 Å².